The fraction of sp³-hybridized carbons (Fsp3) is 0.643. The van der Waals surface area contributed by atoms with Crippen LogP contribution in [0.3, 0.4) is 0 Å². The molecule has 2 heterocycles. The van der Waals surface area contributed by atoms with Crippen molar-refractivity contribution in [1.82, 2.24) is 9.88 Å². The van der Waals surface area contributed by atoms with Gasteiger partial charge in [-0.15, -0.1) is 0 Å². The van der Waals surface area contributed by atoms with Crippen molar-refractivity contribution >= 4 is 0 Å². The molecule has 4 nitrogen and oxygen atoms in total. The molecule has 0 aliphatic carbocycles. The Labute approximate surface area is 109 Å². The number of likely N-dealkylation sites (N-methyl/N-ethyl adjacent to an activating group) is 1. The average molecular weight is 249 g/mol. The summed E-state index contributed by atoms with van der Waals surface area (Å²) < 4.78 is 5.53. The molecule has 0 radical (unpaired) electrons. The molecule has 1 saturated heterocycles. The van der Waals surface area contributed by atoms with E-state index in [1.165, 1.54) is 12.8 Å². The van der Waals surface area contributed by atoms with Gasteiger partial charge in [0.05, 0.1) is 18.3 Å². The fourth-order valence-corrected chi connectivity index (χ4v) is 2.59. The molecule has 2 N–H and O–H groups in total. The summed E-state index contributed by atoms with van der Waals surface area (Å²) in [6.45, 7) is 3.42. The Kier molecular flexibility index (Phi) is 5.11. The SMILES string of the molecule is CN(CC1CCCOC1)C(CN)c1ccccn1. The van der Waals surface area contributed by atoms with Gasteiger partial charge in [0.2, 0.25) is 0 Å². The van der Waals surface area contributed by atoms with E-state index in [0.717, 1.165) is 25.5 Å². The molecule has 0 spiro atoms. The number of pyridine rings is 1. The van der Waals surface area contributed by atoms with Gasteiger partial charge in [0, 0.05) is 25.9 Å². The number of nitrogens with zero attached hydrogens (tertiary/aromatic N) is 2. The zero-order valence-corrected chi connectivity index (χ0v) is 11.1. The highest BCUT2D eigenvalue weighted by molar-refractivity contribution is 5.09. The van der Waals surface area contributed by atoms with E-state index in [0.29, 0.717) is 12.5 Å². The lowest BCUT2D eigenvalue weighted by Gasteiger charge is -2.31. The van der Waals surface area contributed by atoms with E-state index in [-0.39, 0.29) is 6.04 Å². The van der Waals surface area contributed by atoms with Gasteiger partial charge in [0.15, 0.2) is 0 Å². The molecule has 0 aromatic carbocycles. The van der Waals surface area contributed by atoms with Gasteiger partial charge in [-0.2, -0.15) is 0 Å². The van der Waals surface area contributed by atoms with E-state index in [2.05, 4.69) is 16.9 Å². The Morgan fingerprint density at radius 2 is 2.44 bits per heavy atom. The summed E-state index contributed by atoms with van der Waals surface area (Å²) in [7, 11) is 2.13. The second-order valence-electron chi connectivity index (χ2n) is 5.03. The third-order valence-corrected chi connectivity index (χ3v) is 3.59. The quantitative estimate of drug-likeness (QED) is 0.858. The van der Waals surface area contributed by atoms with Crippen LogP contribution in [0, 0.1) is 5.92 Å². The third kappa shape index (κ3) is 3.51. The van der Waals surface area contributed by atoms with Crippen LogP contribution in [0.25, 0.3) is 0 Å². The average Bonchev–Trinajstić information content (AvgIpc) is 2.42. The summed E-state index contributed by atoms with van der Waals surface area (Å²) in [6.07, 6.45) is 4.26. The molecule has 2 unspecified atom stereocenters. The van der Waals surface area contributed by atoms with Crippen molar-refractivity contribution in [2.75, 3.05) is 33.4 Å². The summed E-state index contributed by atoms with van der Waals surface area (Å²) in [5.41, 5.74) is 6.95. The van der Waals surface area contributed by atoms with Gasteiger partial charge < -0.3 is 10.5 Å². The second kappa shape index (κ2) is 6.83. The van der Waals surface area contributed by atoms with Gasteiger partial charge in [-0.3, -0.25) is 9.88 Å². The number of hydrogen-bond acceptors (Lipinski definition) is 4. The zero-order chi connectivity index (χ0) is 12.8. The molecule has 100 valence electrons. The molecule has 2 rings (SSSR count). The molecule has 1 aromatic heterocycles. The highest BCUT2D eigenvalue weighted by Gasteiger charge is 2.21. The van der Waals surface area contributed by atoms with Gasteiger partial charge in [-0.05, 0) is 37.9 Å². The van der Waals surface area contributed by atoms with Crippen LogP contribution in [-0.2, 0) is 4.74 Å². The molecular formula is C14H23N3O. The van der Waals surface area contributed by atoms with Crippen molar-refractivity contribution in [2.45, 2.75) is 18.9 Å². The molecular weight excluding hydrogens is 226 g/mol. The van der Waals surface area contributed by atoms with Gasteiger partial charge in [-0.25, -0.2) is 0 Å². The Morgan fingerprint density at radius 3 is 3.06 bits per heavy atom. The van der Waals surface area contributed by atoms with E-state index < -0.39 is 0 Å². The van der Waals surface area contributed by atoms with Crippen LogP contribution in [0.5, 0.6) is 0 Å². The van der Waals surface area contributed by atoms with Crippen LogP contribution in [-0.4, -0.2) is 43.2 Å². The standard InChI is InChI=1S/C14H23N3O/c1-17(10-12-5-4-8-18-11-12)14(9-15)13-6-2-3-7-16-13/h2-3,6-7,12,14H,4-5,8-11,15H2,1H3. The van der Waals surface area contributed by atoms with Gasteiger partial charge >= 0.3 is 0 Å². The van der Waals surface area contributed by atoms with E-state index >= 15 is 0 Å². The van der Waals surface area contributed by atoms with Crippen molar-refractivity contribution < 1.29 is 4.74 Å². The lowest BCUT2D eigenvalue weighted by atomic mass is 10.0. The number of ether oxygens (including phenoxy) is 1. The summed E-state index contributed by atoms with van der Waals surface area (Å²) >= 11 is 0. The normalized spacial score (nSPS) is 22.1. The van der Waals surface area contributed by atoms with E-state index in [1.54, 1.807) is 0 Å². The van der Waals surface area contributed by atoms with Crippen LogP contribution < -0.4 is 5.73 Å². The molecule has 1 aliphatic rings. The lowest BCUT2D eigenvalue weighted by molar-refractivity contribution is 0.0363. The second-order valence-corrected chi connectivity index (χ2v) is 5.03. The zero-order valence-electron chi connectivity index (χ0n) is 11.1. The van der Waals surface area contributed by atoms with E-state index in [4.69, 9.17) is 10.5 Å². The van der Waals surface area contributed by atoms with Crippen molar-refractivity contribution in [3.63, 3.8) is 0 Å². The predicted molar refractivity (Wildman–Crippen MR) is 72.2 cm³/mol. The maximum atomic E-state index is 5.90. The first-order valence-electron chi connectivity index (χ1n) is 6.70. The molecule has 2 atom stereocenters. The van der Waals surface area contributed by atoms with Crippen LogP contribution in [0.1, 0.15) is 24.6 Å². The molecule has 0 amide bonds. The van der Waals surface area contributed by atoms with Gasteiger partial charge in [0.1, 0.15) is 0 Å². The number of aromatic nitrogens is 1. The Morgan fingerprint density at radius 1 is 1.56 bits per heavy atom. The number of nitrogens with two attached hydrogens (primary N) is 1. The Hall–Kier alpha value is -0.970. The largest absolute Gasteiger partial charge is 0.381 e. The van der Waals surface area contributed by atoms with Crippen molar-refractivity contribution in [3.8, 4) is 0 Å². The molecule has 1 aliphatic heterocycles. The minimum absolute atomic E-state index is 0.202. The predicted octanol–water partition coefficient (Wildman–Crippen LogP) is 1.44. The lowest BCUT2D eigenvalue weighted by Crippen LogP contribution is -2.37. The van der Waals surface area contributed by atoms with Gasteiger partial charge in [-0.1, -0.05) is 6.07 Å². The fourth-order valence-electron chi connectivity index (χ4n) is 2.59. The van der Waals surface area contributed by atoms with E-state index in [1.807, 2.05) is 24.4 Å². The minimum Gasteiger partial charge on any atom is -0.381 e. The highest BCUT2D eigenvalue weighted by Crippen LogP contribution is 2.20. The maximum absolute atomic E-state index is 5.90. The van der Waals surface area contributed by atoms with Crippen LogP contribution in [0.2, 0.25) is 0 Å². The van der Waals surface area contributed by atoms with E-state index in [9.17, 15) is 0 Å². The summed E-state index contributed by atoms with van der Waals surface area (Å²) in [5.74, 6) is 0.626. The summed E-state index contributed by atoms with van der Waals surface area (Å²) in [4.78, 5) is 6.72. The molecule has 1 aromatic rings. The van der Waals surface area contributed by atoms with Crippen molar-refractivity contribution in [3.05, 3.63) is 30.1 Å². The van der Waals surface area contributed by atoms with Crippen LogP contribution in [0.4, 0.5) is 0 Å². The highest BCUT2D eigenvalue weighted by atomic mass is 16.5. The number of rotatable bonds is 5. The first-order chi connectivity index (χ1) is 8.81. The Bertz CT molecular complexity index is 338. The first kappa shape index (κ1) is 13.5. The molecule has 18 heavy (non-hydrogen) atoms. The first-order valence-corrected chi connectivity index (χ1v) is 6.70. The van der Waals surface area contributed by atoms with Crippen LogP contribution >= 0.6 is 0 Å². The summed E-state index contributed by atoms with van der Waals surface area (Å²) in [6, 6.07) is 6.20. The number of hydrogen-bond donors (Lipinski definition) is 1. The molecule has 4 heteroatoms. The van der Waals surface area contributed by atoms with Gasteiger partial charge in [0.25, 0.3) is 0 Å². The topological polar surface area (TPSA) is 51.4 Å². The minimum atomic E-state index is 0.202. The monoisotopic (exact) mass is 249 g/mol. The smallest absolute Gasteiger partial charge is 0.0642 e. The maximum Gasteiger partial charge on any atom is 0.0642 e. The molecule has 1 fully saturated rings. The Balaban J connectivity index is 1.94. The third-order valence-electron chi connectivity index (χ3n) is 3.59. The molecule has 0 saturated carbocycles. The molecule has 0 bridgehead atoms. The van der Waals surface area contributed by atoms with Crippen molar-refractivity contribution in [1.29, 1.82) is 0 Å². The summed E-state index contributed by atoms with van der Waals surface area (Å²) in [5, 5.41) is 0. The van der Waals surface area contributed by atoms with Crippen molar-refractivity contribution in [2.24, 2.45) is 11.7 Å². The van der Waals surface area contributed by atoms with Crippen LogP contribution in [0.15, 0.2) is 24.4 Å².